The summed E-state index contributed by atoms with van der Waals surface area (Å²) < 4.78 is 0. The first-order valence-electron chi connectivity index (χ1n) is 6.54. The minimum Gasteiger partial charge on any atom is -0.376 e. The Labute approximate surface area is 114 Å². The molecule has 1 aliphatic rings. The maximum absolute atomic E-state index is 5.44. The molecule has 98 valence electrons. The maximum Gasteiger partial charge on any atom is 0.168 e. The van der Waals surface area contributed by atoms with Gasteiger partial charge in [-0.25, -0.2) is 0 Å². The molecule has 0 aliphatic carbocycles. The number of thiocarbonyl (C=S) groups is 1. The molecule has 1 heterocycles. The van der Waals surface area contributed by atoms with Crippen molar-refractivity contribution in [2.45, 2.75) is 38.8 Å². The van der Waals surface area contributed by atoms with Crippen molar-refractivity contribution < 1.29 is 0 Å². The molecule has 0 spiro atoms. The van der Waals surface area contributed by atoms with Crippen LogP contribution in [0.2, 0.25) is 0 Å². The van der Waals surface area contributed by atoms with Crippen LogP contribution >= 0.6 is 12.2 Å². The molecule has 1 aliphatic heterocycles. The molecule has 2 rings (SSSR count). The molecule has 3 N–H and O–H groups in total. The lowest BCUT2D eigenvalue weighted by Gasteiger charge is -2.33. The second-order valence-corrected chi connectivity index (χ2v) is 5.44. The Morgan fingerprint density at radius 3 is 2.72 bits per heavy atom. The smallest absolute Gasteiger partial charge is 0.168 e. The number of nitrogens with zero attached hydrogens (tertiary/aromatic N) is 1. The van der Waals surface area contributed by atoms with E-state index in [1.807, 2.05) is 12.1 Å². The van der Waals surface area contributed by atoms with E-state index in [0.29, 0.717) is 11.2 Å². The highest BCUT2D eigenvalue weighted by atomic mass is 32.1. The summed E-state index contributed by atoms with van der Waals surface area (Å²) in [5, 5.41) is 3.25. The molecular formula is C14H21N3S. The van der Waals surface area contributed by atoms with Gasteiger partial charge >= 0.3 is 0 Å². The van der Waals surface area contributed by atoms with Crippen LogP contribution in [0, 0.1) is 0 Å². The van der Waals surface area contributed by atoms with E-state index < -0.39 is 0 Å². The lowest BCUT2D eigenvalue weighted by molar-refractivity contribution is 0.152. The van der Waals surface area contributed by atoms with Crippen molar-refractivity contribution in [2.75, 3.05) is 11.9 Å². The molecule has 0 unspecified atom stereocenters. The summed E-state index contributed by atoms with van der Waals surface area (Å²) in [6, 6.07) is 9.05. The standard InChI is InChI=1S/C14H21N3S/c1-11-4-2-3-9-17(11)10-12-5-7-13(8-6-12)16-14(15)18/h5-8,11H,2-4,9-10H2,1H3,(H3,15,16,18)/t11-/m0/s1. The van der Waals surface area contributed by atoms with Crippen molar-refractivity contribution in [3.8, 4) is 0 Å². The van der Waals surface area contributed by atoms with Gasteiger partial charge in [0.05, 0.1) is 0 Å². The fourth-order valence-corrected chi connectivity index (χ4v) is 2.58. The van der Waals surface area contributed by atoms with Gasteiger partial charge < -0.3 is 11.1 Å². The lowest BCUT2D eigenvalue weighted by atomic mass is 10.0. The van der Waals surface area contributed by atoms with E-state index in [9.17, 15) is 0 Å². The van der Waals surface area contributed by atoms with Gasteiger partial charge in [0.1, 0.15) is 0 Å². The molecule has 0 radical (unpaired) electrons. The van der Waals surface area contributed by atoms with Gasteiger partial charge in [0.25, 0.3) is 0 Å². The van der Waals surface area contributed by atoms with Crippen LogP contribution in [0.3, 0.4) is 0 Å². The molecule has 1 aromatic rings. The Kier molecular flexibility index (Phi) is 4.55. The van der Waals surface area contributed by atoms with Crippen molar-refractivity contribution >= 4 is 23.0 Å². The largest absolute Gasteiger partial charge is 0.376 e. The molecule has 1 aromatic carbocycles. The van der Waals surface area contributed by atoms with E-state index in [1.54, 1.807) is 0 Å². The van der Waals surface area contributed by atoms with Gasteiger partial charge in [0, 0.05) is 18.3 Å². The average molecular weight is 263 g/mol. The third-order valence-corrected chi connectivity index (χ3v) is 3.65. The minimum atomic E-state index is 0.312. The second-order valence-electron chi connectivity index (χ2n) is 5.00. The Morgan fingerprint density at radius 2 is 2.11 bits per heavy atom. The third-order valence-electron chi connectivity index (χ3n) is 3.55. The van der Waals surface area contributed by atoms with Crippen LogP contribution in [0.5, 0.6) is 0 Å². The number of piperidine rings is 1. The van der Waals surface area contributed by atoms with Gasteiger partial charge in [-0.2, -0.15) is 0 Å². The lowest BCUT2D eigenvalue weighted by Crippen LogP contribution is -2.36. The summed E-state index contributed by atoms with van der Waals surface area (Å²) in [4.78, 5) is 2.56. The van der Waals surface area contributed by atoms with Gasteiger partial charge in [-0.15, -0.1) is 0 Å². The fourth-order valence-electron chi connectivity index (χ4n) is 2.46. The first-order chi connectivity index (χ1) is 8.65. The maximum atomic E-state index is 5.44. The first-order valence-corrected chi connectivity index (χ1v) is 6.95. The van der Waals surface area contributed by atoms with Crippen LogP contribution in [-0.4, -0.2) is 22.6 Å². The Bertz CT molecular complexity index is 402. The number of nitrogens with one attached hydrogen (secondary N) is 1. The molecule has 1 atom stereocenters. The number of anilines is 1. The summed E-state index contributed by atoms with van der Waals surface area (Å²) in [7, 11) is 0. The van der Waals surface area contributed by atoms with E-state index in [2.05, 4.69) is 29.3 Å². The quantitative estimate of drug-likeness (QED) is 0.823. The van der Waals surface area contributed by atoms with E-state index in [-0.39, 0.29) is 0 Å². The molecule has 0 aromatic heterocycles. The van der Waals surface area contributed by atoms with Crippen LogP contribution in [0.15, 0.2) is 24.3 Å². The van der Waals surface area contributed by atoms with Crippen molar-refractivity contribution in [2.24, 2.45) is 5.73 Å². The van der Waals surface area contributed by atoms with E-state index in [0.717, 1.165) is 12.2 Å². The summed E-state index contributed by atoms with van der Waals surface area (Å²) in [5.41, 5.74) is 7.74. The van der Waals surface area contributed by atoms with E-state index in [4.69, 9.17) is 18.0 Å². The fraction of sp³-hybridized carbons (Fsp3) is 0.500. The van der Waals surface area contributed by atoms with Crippen molar-refractivity contribution in [1.82, 2.24) is 4.90 Å². The molecule has 0 amide bonds. The van der Waals surface area contributed by atoms with Gasteiger partial charge in [-0.05, 0) is 56.2 Å². The molecule has 1 fully saturated rings. The normalized spacial score (nSPS) is 20.6. The predicted molar refractivity (Wildman–Crippen MR) is 80.6 cm³/mol. The summed E-state index contributed by atoms with van der Waals surface area (Å²) >= 11 is 4.82. The molecule has 0 bridgehead atoms. The van der Waals surface area contributed by atoms with Crippen LogP contribution < -0.4 is 11.1 Å². The van der Waals surface area contributed by atoms with Crippen LogP contribution in [0.25, 0.3) is 0 Å². The van der Waals surface area contributed by atoms with Crippen LogP contribution in [-0.2, 0) is 6.54 Å². The summed E-state index contributed by atoms with van der Waals surface area (Å²) in [5.74, 6) is 0. The Morgan fingerprint density at radius 1 is 1.39 bits per heavy atom. The van der Waals surface area contributed by atoms with Gasteiger partial charge in [-0.3, -0.25) is 4.90 Å². The summed E-state index contributed by atoms with van der Waals surface area (Å²) in [6.07, 6.45) is 4.01. The highest BCUT2D eigenvalue weighted by Crippen LogP contribution is 2.19. The molecule has 0 saturated carbocycles. The van der Waals surface area contributed by atoms with Gasteiger partial charge in [0.2, 0.25) is 0 Å². The van der Waals surface area contributed by atoms with Crippen LogP contribution in [0.4, 0.5) is 5.69 Å². The number of benzene rings is 1. The molecule has 3 nitrogen and oxygen atoms in total. The van der Waals surface area contributed by atoms with Crippen molar-refractivity contribution in [3.63, 3.8) is 0 Å². The molecule has 18 heavy (non-hydrogen) atoms. The zero-order chi connectivity index (χ0) is 13.0. The molecule has 4 heteroatoms. The third kappa shape index (κ3) is 3.68. The van der Waals surface area contributed by atoms with E-state index in [1.165, 1.54) is 31.4 Å². The SMILES string of the molecule is C[C@H]1CCCCN1Cc1ccc(NC(N)=S)cc1. The Balaban J connectivity index is 1.95. The molecular weight excluding hydrogens is 242 g/mol. The van der Waals surface area contributed by atoms with Gasteiger partial charge in [0.15, 0.2) is 5.11 Å². The highest BCUT2D eigenvalue weighted by Gasteiger charge is 2.17. The predicted octanol–water partition coefficient (Wildman–Crippen LogP) is 2.72. The van der Waals surface area contributed by atoms with Gasteiger partial charge in [-0.1, -0.05) is 18.6 Å². The topological polar surface area (TPSA) is 41.3 Å². The zero-order valence-corrected chi connectivity index (χ0v) is 11.7. The number of hydrogen-bond donors (Lipinski definition) is 2. The molecule has 1 saturated heterocycles. The van der Waals surface area contributed by atoms with Crippen LogP contribution in [0.1, 0.15) is 31.7 Å². The Hall–Kier alpha value is -1.13. The average Bonchev–Trinajstić information content (AvgIpc) is 2.34. The highest BCUT2D eigenvalue weighted by molar-refractivity contribution is 7.80. The zero-order valence-electron chi connectivity index (χ0n) is 10.9. The van der Waals surface area contributed by atoms with Crippen molar-refractivity contribution in [1.29, 1.82) is 0 Å². The number of rotatable bonds is 3. The van der Waals surface area contributed by atoms with Crippen molar-refractivity contribution in [3.05, 3.63) is 29.8 Å². The first kappa shape index (κ1) is 13.3. The number of likely N-dealkylation sites (tertiary alicyclic amines) is 1. The monoisotopic (exact) mass is 263 g/mol. The second kappa shape index (κ2) is 6.16. The minimum absolute atomic E-state index is 0.312. The number of nitrogens with two attached hydrogens (primary N) is 1. The summed E-state index contributed by atoms with van der Waals surface area (Å²) in [6.45, 7) is 4.57. The van der Waals surface area contributed by atoms with E-state index >= 15 is 0 Å². The number of hydrogen-bond acceptors (Lipinski definition) is 2.